The minimum absolute atomic E-state index is 0. The minimum atomic E-state index is 0. The van der Waals surface area contributed by atoms with Crippen molar-refractivity contribution in [1.29, 1.82) is 0 Å². The number of carbonyl (C=O) groups is 1. The quantitative estimate of drug-likeness (QED) is 0.867. The number of rotatable bonds is 4. The largest absolute Gasteiger partial charge is 0.459 e. The highest BCUT2D eigenvalue weighted by Crippen LogP contribution is 2.29. The van der Waals surface area contributed by atoms with Gasteiger partial charge in [-0.25, -0.2) is 4.98 Å². The molecular formula is C16H23Cl2N3O2S. The van der Waals surface area contributed by atoms with Gasteiger partial charge in [-0.05, 0) is 37.4 Å². The third-order valence-electron chi connectivity index (χ3n) is 4.24. The molecule has 5 nitrogen and oxygen atoms in total. The van der Waals surface area contributed by atoms with Crippen LogP contribution >= 0.6 is 36.2 Å². The van der Waals surface area contributed by atoms with Crippen LogP contribution in [0.25, 0.3) is 10.8 Å². The average Bonchev–Trinajstić information content (AvgIpc) is 3.19. The number of nitrogens with two attached hydrogens (primary N) is 1. The van der Waals surface area contributed by atoms with Gasteiger partial charge in [-0.15, -0.1) is 36.2 Å². The van der Waals surface area contributed by atoms with Crippen LogP contribution < -0.4 is 5.73 Å². The second-order valence-electron chi connectivity index (χ2n) is 6.31. The van der Waals surface area contributed by atoms with Gasteiger partial charge in [0.2, 0.25) is 5.91 Å². The Morgan fingerprint density at radius 3 is 2.79 bits per heavy atom. The lowest BCUT2D eigenvalue weighted by atomic mass is 9.90. The number of carbonyl (C=O) groups excluding carboxylic acids is 1. The first-order valence-corrected chi connectivity index (χ1v) is 8.36. The number of aryl methyl sites for hydroxylation is 1. The van der Waals surface area contributed by atoms with Crippen molar-refractivity contribution in [1.82, 2.24) is 9.88 Å². The fourth-order valence-corrected chi connectivity index (χ4v) is 3.50. The molecule has 0 saturated carbocycles. The van der Waals surface area contributed by atoms with E-state index < -0.39 is 0 Å². The molecule has 134 valence electrons. The summed E-state index contributed by atoms with van der Waals surface area (Å²) in [7, 11) is 0. The molecule has 2 aromatic heterocycles. The highest BCUT2D eigenvalue weighted by atomic mass is 35.5. The van der Waals surface area contributed by atoms with E-state index in [0.717, 1.165) is 41.7 Å². The number of furan rings is 1. The summed E-state index contributed by atoms with van der Waals surface area (Å²) in [5, 5.41) is 2.76. The molecule has 0 radical (unpaired) electrons. The van der Waals surface area contributed by atoms with Crippen molar-refractivity contribution >= 4 is 42.1 Å². The number of amides is 1. The van der Waals surface area contributed by atoms with Crippen molar-refractivity contribution in [3.05, 3.63) is 29.0 Å². The Balaban J connectivity index is 0.00000144. The first kappa shape index (κ1) is 21.0. The Kier molecular flexibility index (Phi) is 7.28. The molecule has 2 aromatic rings. The molecule has 3 rings (SSSR count). The number of hydrogen-bond acceptors (Lipinski definition) is 5. The van der Waals surface area contributed by atoms with Crippen LogP contribution in [0.4, 0.5) is 0 Å². The van der Waals surface area contributed by atoms with E-state index >= 15 is 0 Å². The van der Waals surface area contributed by atoms with Gasteiger partial charge < -0.3 is 15.1 Å². The number of likely N-dealkylation sites (tertiary alicyclic amines) is 1. The summed E-state index contributed by atoms with van der Waals surface area (Å²) in [6, 6.07) is 3.83. The summed E-state index contributed by atoms with van der Waals surface area (Å²) in [6.07, 6.45) is 1.32. The van der Waals surface area contributed by atoms with E-state index in [-0.39, 0.29) is 36.1 Å². The SMILES string of the molecule is Cc1ccc(-c2nc(CC(=O)N3CCC(C)(CN)C3)cs2)o1.Cl.Cl. The molecular weight excluding hydrogens is 369 g/mol. The smallest absolute Gasteiger partial charge is 0.228 e. The van der Waals surface area contributed by atoms with Crippen LogP contribution in [-0.4, -0.2) is 35.4 Å². The highest BCUT2D eigenvalue weighted by Gasteiger charge is 2.34. The molecule has 1 fully saturated rings. The van der Waals surface area contributed by atoms with Crippen LogP contribution in [0.15, 0.2) is 21.9 Å². The third-order valence-corrected chi connectivity index (χ3v) is 5.14. The maximum absolute atomic E-state index is 12.4. The summed E-state index contributed by atoms with van der Waals surface area (Å²) in [5.74, 6) is 1.75. The van der Waals surface area contributed by atoms with Gasteiger partial charge in [-0.3, -0.25) is 4.79 Å². The molecule has 2 N–H and O–H groups in total. The van der Waals surface area contributed by atoms with Crippen LogP contribution in [0.1, 0.15) is 24.8 Å². The van der Waals surface area contributed by atoms with E-state index in [9.17, 15) is 4.79 Å². The van der Waals surface area contributed by atoms with E-state index in [1.54, 1.807) is 0 Å². The zero-order valence-corrected chi connectivity index (χ0v) is 16.2. The maximum Gasteiger partial charge on any atom is 0.228 e. The lowest BCUT2D eigenvalue weighted by Crippen LogP contribution is -2.35. The molecule has 0 bridgehead atoms. The van der Waals surface area contributed by atoms with Crippen molar-refractivity contribution in [3.8, 4) is 10.8 Å². The fraction of sp³-hybridized carbons (Fsp3) is 0.500. The Morgan fingerprint density at radius 1 is 1.46 bits per heavy atom. The van der Waals surface area contributed by atoms with Gasteiger partial charge >= 0.3 is 0 Å². The summed E-state index contributed by atoms with van der Waals surface area (Å²) >= 11 is 1.51. The summed E-state index contributed by atoms with van der Waals surface area (Å²) in [5.41, 5.74) is 6.66. The molecule has 3 heterocycles. The molecule has 0 spiro atoms. The first-order valence-electron chi connectivity index (χ1n) is 7.48. The molecule has 1 saturated heterocycles. The summed E-state index contributed by atoms with van der Waals surface area (Å²) in [4.78, 5) is 18.8. The van der Waals surface area contributed by atoms with Crippen molar-refractivity contribution in [2.75, 3.05) is 19.6 Å². The predicted molar refractivity (Wildman–Crippen MR) is 101 cm³/mol. The van der Waals surface area contributed by atoms with Gasteiger partial charge in [-0.2, -0.15) is 0 Å². The summed E-state index contributed by atoms with van der Waals surface area (Å²) < 4.78 is 5.57. The van der Waals surface area contributed by atoms with Crippen LogP contribution in [-0.2, 0) is 11.2 Å². The number of thiazole rings is 1. The lowest BCUT2D eigenvalue weighted by Gasteiger charge is -2.22. The van der Waals surface area contributed by atoms with E-state index in [0.29, 0.717) is 13.0 Å². The second-order valence-corrected chi connectivity index (χ2v) is 7.17. The van der Waals surface area contributed by atoms with Crippen molar-refractivity contribution in [2.24, 2.45) is 11.1 Å². The Morgan fingerprint density at radius 2 is 2.21 bits per heavy atom. The van der Waals surface area contributed by atoms with Crippen LogP contribution in [0.3, 0.4) is 0 Å². The minimum Gasteiger partial charge on any atom is -0.459 e. The van der Waals surface area contributed by atoms with Gasteiger partial charge in [0.05, 0.1) is 12.1 Å². The van der Waals surface area contributed by atoms with Gasteiger partial charge in [-0.1, -0.05) is 6.92 Å². The van der Waals surface area contributed by atoms with E-state index in [1.807, 2.05) is 29.3 Å². The third kappa shape index (κ3) is 4.51. The van der Waals surface area contributed by atoms with Crippen LogP contribution in [0, 0.1) is 12.3 Å². The average molecular weight is 392 g/mol. The molecule has 24 heavy (non-hydrogen) atoms. The molecule has 1 aliphatic heterocycles. The predicted octanol–water partition coefficient (Wildman–Crippen LogP) is 3.29. The molecule has 1 aliphatic rings. The van der Waals surface area contributed by atoms with Crippen molar-refractivity contribution in [3.63, 3.8) is 0 Å². The number of aromatic nitrogens is 1. The molecule has 0 aromatic carbocycles. The van der Waals surface area contributed by atoms with Crippen LogP contribution in [0.5, 0.6) is 0 Å². The molecule has 1 amide bonds. The maximum atomic E-state index is 12.4. The number of nitrogens with zero attached hydrogens (tertiary/aromatic N) is 2. The van der Waals surface area contributed by atoms with Crippen molar-refractivity contribution in [2.45, 2.75) is 26.7 Å². The highest BCUT2D eigenvalue weighted by molar-refractivity contribution is 7.13. The lowest BCUT2D eigenvalue weighted by molar-refractivity contribution is -0.129. The Hall–Kier alpha value is -1.08. The number of halogens is 2. The Bertz CT molecular complexity index is 688. The van der Waals surface area contributed by atoms with E-state index in [2.05, 4.69) is 11.9 Å². The van der Waals surface area contributed by atoms with Gasteiger partial charge in [0, 0.05) is 18.5 Å². The molecule has 1 atom stereocenters. The van der Waals surface area contributed by atoms with Gasteiger partial charge in [0.25, 0.3) is 0 Å². The van der Waals surface area contributed by atoms with E-state index in [1.165, 1.54) is 11.3 Å². The Labute approximate surface area is 158 Å². The monoisotopic (exact) mass is 391 g/mol. The normalized spacial score (nSPS) is 19.7. The fourth-order valence-electron chi connectivity index (χ4n) is 2.72. The first-order chi connectivity index (χ1) is 10.5. The zero-order chi connectivity index (χ0) is 15.7. The molecule has 1 unspecified atom stereocenters. The molecule has 8 heteroatoms. The number of hydrogen-bond donors (Lipinski definition) is 1. The standard InChI is InChI=1S/C16H21N3O2S.2ClH/c1-11-3-4-13(21-11)15-18-12(8-22-15)7-14(20)19-6-5-16(2,9-17)10-19;;/h3-4,8H,5-7,9-10,17H2,1-2H3;2*1H. The van der Waals surface area contributed by atoms with Gasteiger partial charge in [0.1, 0.15) is 5.76 Å². The van der Waals surface area contributed by atoms with E-state index in [4.69, 9.17) is 10.2 Å². The van der Waals surface area contributed by atoms with Crippen molar-refractivity contribution < 1.29 is 9.21 Å². The second kappa shape index (κ2) is 8.34. The summed E-state index contributed by atoms with van der Waals surface area (Å²) in [6.45, 7) is 6.21. The van der Waals surface area contributed by atoms with Gasteiger partial charge in [0.15, 0.2) is 10.8 Å². The molecule has 0 aliphatic carbocycles. The van der Waals surface area contributed by atoms with Crippen LogP contribution in [0.2, 0.25) is 0 Å². The topological polar surface area (TPSA) is 72.4 Å². The zero-order valence-electron chi connectivity index (χ0n) is 13.8.